The molecule has 0 saturated heterocycles. The van der Waals surface area contributed by atoms with Crippen molar-refractivity contribution in [2.45, 2.75) is 6.54 Å². The van der Waals surface area contributed by atoms with Gasteiger partial charge in [0.1, 0.15) is 6.54 Å². The topological polar surface area (TPSA) is 50.8 Å². The quantitative estimate of drug-likeness (QED) is 0.757. The molecule has 2 N–H and O–H groups in total. The van der Waals surface area contributed by atoms with Gasteiger partial charge in [-0.05, 0) is 5.57 Å². The first-order chi connectivity index (χ1) is 7.66. The molecule has 4 heteroatoms. The van der Waals surface area contributed by atoms with E-state index in [4.69, 9.17) is 0 Å². The summed E-state index contributed by atoms with van der Waals surface area (Å²) in [6.45, 7) is 1.69. The highest BCUT2D eigenvalue weighted by atomic mass is 32.2. The van der Waals surface area contributed by atoms with Crippen molar-refractivity contribution in [2.75, 3.05) is 18.1 Å². The summed E-state index contributed by atoms with van der Waals surface area (Å²) < 4.78 is 22.4. The molecule has 1 aromatic rings. The lowest BCUT2D eigenvalue weighted by molar-refractivity contribution is -0.663. The maximum absolute atomic E-state index is 11.2. The van der Waals surface area contributed by atoms with Gasteiger partial charge in [-0.25, -0.2) is 8.42 Å². The fourth-order valence-corrected chi connectivity index (χ4v) is 3.23. The molecule has 1 heterocycles. The first-order valence-electron chi connectivity index (χ1n) is 5.40. The molecule has 1 aromatic carbocycles. The van der Waals surface area contributed by atoms with E-state index in [-0.39, 0.29) is 11.5 Å². The summed E-state index contributed by atoms with van der Waals surface area (Å²) in [5.74, 6) is 0.472. The lowest BCUT2D eigenvalue weighted by Crippen LogP contribution is -2.83. The second-order valence-corrected chi connectivity index (χ2v) is 6.21. The number of sulfone groups is 1. The number of hydrogen-bond acceptors (Lipinski definition) is 2. The molecular weight excluding hydrogens is 222 g/mol. The Kier molecular flexibility index (Phi) is 3.41. The fourth-order valence-electron chi connectivity index (χ4n) is 1.83. The molecular formula is C12H16NO2S+. The SMILES string of the molecule is O=S1(=O)CC=C(C[NH2+]Cc2ccccc2)C1. The highest BCUT2D eigenvalue weighted by Crippen LogP contribution is 2.08. The molecule has 0 saturated carbocycles. The molecule has 86 valence electrons. The zero-order valence-corrected chi connectivity index (χ0v) is 9.91. The average Bonchev–Trinajstić information content (AvgIpc) is 2.60. The maximum Gasteiger partial charge on any atom is 0.157 e. The first kappa shape index (κ1) is 11.4. The standard InChI is InChI=1S/C12H15NO2S/c14-16(15)7-6-12(10-16)9-13-8-11-4-2-1-3-5-11/h1-6,13H,7-10H2/p+1. The third kappa shape index (κ3) is 3.18. The van der Waals surface area contributed by atoms with E-state index in [0.29, 0.717) is 0 Å². The van der Waals surface area contributed by atoms with Gasteiger partial charge in [0, 0.05) is 5.56 Å². The number of nitrogens with two attached hydrogens (primary N) is 1. The van der Waals surface area contributed by atoms with E-state index in [0.717, 1.165) is 18.7 Å². The van der Waals surface area contributed by atoms with Gasteiger partial charge < -0.3 is 5.32 Å². The van der Waals surface area contributed by atoms with Crippen molar-refractivity contribution < 1.29 is 13.7 Å². The number of hydrogen-bond donors (Lipinski definition) is 1. The molecule has 3 nitrogen and oxygen atoms in total. The Hall–Kier alpha value is -1.13. The van der Waals surface area contributed by atoms with Crippen LogP contribution in [0.3, 0.4) is 0 Å². The largest absolute Gasteiger partial charge is 0.339 e. The normalized spacial score (nSPS) is 18.4. The molecule has 1 aliphatic heterocycles. The summed E-state index contributed by atoms with van der Waals surface area (Å²) in [6.07, 6.45) is 1.84. The van der Waals surface area contributed by atoms with Crippen LogP contribution in [0.4, 0.5) is 0 Å². The van der Waals surface area contributed by atoms with Gasteiger partial charge in [-0.2, -0.15) is 0 Å². The Morgan fingerprint density at radius 3 is 2.50 bits per heavy atom. The van der Waals surface area contributed by atoms with Gasteiger partial charge in [-0.1, -0.05) is 36.4 Å². The zero-order chi connectivity index (χ0) is 11.4. The third-order valence-corrected chi connectivity index (χ3v) is 4.15. The molecule has 0 spiro atoms. The van der Waals surface area contributed by atoms with Crippen molar-refractivity contribution in [1.29, 1.82) is 0 Å². The third-order valence-electron chi connectivity index (χ3n) is 2.66. The van der Waals surface area contributed by atoms with E-state index in [9.17, 15) is 8.42 Å². The van der Waals surface area contributed by atoms with Gasteiger partial charge in [0.15, 0.2) is 9.84 Å². The minimum absolute atomic E-state index is 0.224. The average molecular weight is 238 g/mol. The smallest absolute Gasteiger partial charge is 0.157 e. The van der Waals surface area contributed by atoms with Gasteiger partial charge in [0.05, 0.1) is 18.1 Å². The van der Waals surface area contributed by atoms with Crippen molar-refractivity contribution in [2.24, 2.45) is 0 Å². The molecule has 1 aliphatic rings. The zero-order valence-electron chi connectivity index (χ0n) is 9.09. The van der Waals surface area contributed by atoms with Gasteiger partial charge >= 0.3 is 0 Å². The molecule has 0 aromatic heterocycles. The first-order valence-corrected chi connectivity index (χ1v) is 7.22. The lowest BCUT2D eigenvalue weighted by Gasteiger charge is -2.01. The maximum atomic E-state index is 11.2. The number of quaternary nitrogens is 1. The molecule has 16 heavy (non-hydrogen) atoms. The molecule has 2 rings (SSSR count). The Balaban J connectivity index is 1.78. The molecule has 0 atom stereocenters. The van der Waals surface area contributed by atoms with Crippen LogP contribution >= 0.6 is 0 Å². The van der Waals surface area contributed by atoms with Crippen molar-refractivity contribution in [3.05, 3.63) is 47.5 Å². The second-order valence-electron chi connectivity index (χ2n) is 4.10. The summed E-state index contributed by atoms with van der Waals surface area (Å²) in [5.41, 5.74) is 2.31. The van der Waals surface area contributed by atoms with E-state index in [1.54, 1.807) is 0 Å². The predicted molar refractivity (Wildman–Crippen MR) is 63.7 cm³/mol. The van der Waals surface area contributed by atoms with Gasteiger partial charge in [0.25, 0.3) is 0 Å². The van der Waals surface area contributed by atoms with Crippen LogP contribution in [0.15, 0.2) is 42.0 Å². The monoisotopic (exact) mass is 238 g/mol. The number of rotatable bonds is 4. The highest BCUT2D eigenvalue weighted by molar-refractivity contribution is 7.92. The Morgan fingerprint density at radius 2 is 1.88 bits per heavy atom. The van der Waals surface area contributed by atoms with Crippen LogP contribution in [0.5, 0.6) is 0 Å². The van der Waals surface area contributed by atoms with Crippen molar-refractivity contribution in [3.63, 3.8) is 0 Å². The van der Waals surface area contributed by atoms with Crippen molar-refractivity contribution in [3.8, 4) is 0 Å². The predicted octanol–water partition coefficient (Wildman–Crippen LogP) is 0.105. The van der Waals surface area contributed by atoms with Crippen LogP contribution < -0.4 is 5.32 Å². The van der Waals surface area contributed by atoms with Crippen molar-refractivity contribution in [1.82, 2.24) is 0 Å². The molecule has 0 unspecified atom stereocenters. The molecule has 0 bridgehead atoms. The Bertz CT molecular complexity index is 477. The van der Waals surface area contributed by atoms with Crippen LogP contribution in [0.1, 0.15) is 5.56 Å². The van der Waals surface area contributed by atoms with Gasteiger partial charge in [0.2, 0.25) is 0 Å². The highest BCUT2D eigenvalue weighted by Gasteiger charge is 2.20. The minimum Gasteiger partial charge on any atom is -0.339 e. The lowest BCUT2D eigenvalue weighted by atomic mass is 10.2. The Morgan fingerprint density at radius 1 is 1.12 bits per heavy atom. The van der Waals surface area contributed by atoms with Crippen LogP contribution in [-0.2, 0) is 16.4 Å². The second kappa shape index (κ2) is 4.80. The van der Waals surface area contributed by atoms with Crippen LogP contribution in [0.2, 0.25) is 0 Å². The fraction of sp³-hybridized carbons (Fsp3) is 0.333. The van der Waals surface area contributed by atoms with Crippen LogP contribution in [-0.4, -0.2) is 26.5 Å². The van der Waals surface area contributed by atoms with Crippen LogP contribution in [0.25, 0.3) is 0 Å². The van der Waals surface area contributed by atoms with Crippen LogP contribution in [0, 0.1) is 0 Å². The molecule has 0 amide bonds. The summed E-state index contributed by atoms with van der Waals surface area (Å²) in [7, 11) is -2.80. The van der Waals surface area contributed by atoms with Gasteiger partial charge in [-0.3, -0.25) is 0 Å². The molecule has 0 radical (unpaired) electrons. The summed E-state index contributed by atoms with van der Waals surface area (Å²) >= 11 is 0. The van der Waals surface area contributed by atoms with E-state index < -0.39 is 9.84 Å². The minimum atomic E-state index is -2.80. The van der Waals surface area contributed by atoms with Gasteiger partial charge in [-0.15, -0.1) is 0 Å². The van der Waals surface area contributed by atoms with E-state index in [1.165, 1.54) is 5.56 Å². The molecule has 0 fully saturated rings. The summed E-state index contributed by atoms with van der Waals surface area (Å²) in [5, 5.41) is 2.14. The van der Waals surface area contributed by atoms with Crippen molar-refractivity contribution >= 4 is 9.84 Å². The summed E-state index contributed by atoms with van der Waals surface area (Å²) in [4.78, 5) is 0. The van der Waals surface area contributed by atoms with E-state index in [2.05, 4.69) is 17.4 Å². The molecule has 0 aliphatic carbocycles. The van der Waals surface area contributed by atoms with E-state index >= 15 is 0 Å². The summed E-state index contributed by atoms with van der Waals surface area (Å²) in [6, 6.07) is 10.2. The number of benzene rings is 1. The Labute approximate surface area is 96.1 Å². The van der Waals surface area contributed by atoms with E-state index in [1.807, 2.05) is 24.3 Å².